The molecule has 0 spiro atoms. The number of urea groups is 1. The molecule has 1 aromatic carbocycles. The summed E-state index contributed by atoms with van der Waals surface area (Å²) in [5, 5.41) is 8.89. The molecule has 1 aromatic heterocycles. The molecule has 0 aliphatic heterocycles. The normalized spacial score (nSPS) is 10.5. The van der Waals surface area contributed by atoms with Gasteiger partial charge in [0.2, 0.25) is 0 Å². The summed E-state index contributed by atoms with van der Waals surface area (Å²) in [4.78, 5) is 15.9. The summed E-state index contributed by atoms with van der Waals surface area (Å²) < 4.78 is 0. The summed E-state index contributed by atoms with van der Waals surface area (Å²) in [6.07, 6.45) is 2.68. The molecule has 0 bridgehead atoms. The van der Waals surface area contributed by atoms with Crippen molar-refractivity contribution in [2.24, 2.45) is 0 Å². The molecule has 0 radical (unpaired) electrons. The van der Waals surface area contributed by atoms with Gasteiger partial charge in [0, 0.05) is 11.7 Å². The maximum atomic E-state index is 11.6. The van der Waals surface area contributed by atoms with Gasteiger partial charge in [0.15, 0.2) is 0 Å². The number of hydrogen-bond acceptors (Lipinski definition) is 3. The predicted molar refractivity (Wildman–Crippen MR) is 95.4 cm³/mol. The number of hydrogen-bond donors (Lipinski definition) is 3. The Labute approximate surface area is 137 Å². The fourth-order valence-electron chi connectivity index (χ4n) is 2.30. The van der Waals surface area contributed by atoms with E-state index in [9.17, 15) is 4.79 Å². The van der Waals surface area contributed by atoms with Crippen molar-refractivity contribution in [2.75, 3.05) is 10.6 Å². The Balaban J connectivity index is 2.07. The third kappa shape index (κ3) is 4.71. The number of aromatic nitrogens is 1. The molecule has 0 saturated heterocycles. The van der Waals surface area contributed by atoms with Crippen LogP contribution in [-0.4, -0.2) is 17.1 Å². The highest BCUT2D eigenvalue weighted by Crippen LogP contribution is 2.25. The number of pyridine rings is 1. The Morgan fingerprint density at radius 3 is 2.61 bits per heavy atom. The van der Waals surface area contributed by atoms with Crippen molar-refractivity contribution in [1.82, 2.24) is 10.3 Å². The van der Waals surface area contributed by atoms with Crippen LogP contribution in [0, 0.1) is 6.92 Å². The second-order valence-electron chi connectivity index (χ2n) is 5.77. The lowest BCUT2D eigenvalue weighted by molar-refractivity contribution is 0.250. The van der Waals surface area contributed by atoms with Gasteiger partial charge in [-0.3, -0.25) is 5.32 Å². The highest BCUT2D eigenvalue weighted by Gasteiger charge is 2.06. The Hall–Kier alpha value is -2.56. The number of rotatable bonds is 5. The minimum Gasteiger partial charge on any atom is -0.354 e. The van der Waals surface area contributed by atoms with Gasteiger partial charge in [-0.1, -0.05) is 25.1 Å². The van der Waals surface area contributed by atoms with E-state index in [1.165, 1.54) is 11.1 Å². The highest BCUT2D eigenvalue weighted by molar-refractivity contribution is 5.88. The molecule has 0 aliphatic rings. The molecule has 5 nitrogen and oxygen atoms in total. The summed E-state index contributed by atoms with van der Waals surface area (Å²) in [6, 6.07) is 9.80. The van der Waals surface area contributed by atoms with Crippen LogP contribution in [0.25, 0.3) is 0 Å². The Morgan fingerprint density at radius 1 is 1.22 bits per heavy atom. The van der Waals surface area contributed by atoms with E-state index < -0.39 is 0 Å². The topological polar surface area (TPSA) is 66.0 Å². The third-order valence-corrected chi connectivity index (χ3v) is 3.43. The average molecular weight is 312 g/mol. The van der Waals surface area contributed by atoms with Crippen LogP contribution in [0.5, 0.6) is 0 Å². The summed E-state index contributed by atoms with van der Waals surface area (Å²) in [6.45, 7) is 8.04. The minimum atomic E-state index is -0.250. The van der Waals surface area contributed by atoms with Crippen molar-refractivity contribution in [2.45, 2.75) is 40.2 Å². The molecule has 1 heterocycles. The highest BCUT2D eigenvalue weighted by atomic mass is 16.2. The molecule has 0 fully saturated rings. The van der Waals surface area contributed by atoms with E-state index >= 15 is 0 Å². The van der Waals surface area contributed by atoms with Gasteiger partial charge in [-0.05, 0) is 50.5 Å². The van der Waals surface area contributed by atoms with Gasteiger partial charge in [0.1, 0.15) is 5.82 Å². The summed E-state index contributed by atoms with van der Waals surface area (Å²) in [5.41, 5.74) is 4.48. The molecule has 0 atom stereocenters. The zero-order valence-electron chi connectivity index (χ0n) is 14.1. The number of carbonyl (C=O) groups excluding carboxylic acids is 1. The van der Waals surface area contributed by atoms with Gasteiger partial charge < -0.3 is 10.6 Å². The predicted octanol–water partition coefficient (Wildman–Crippen LogP) is 4.23. The smallest absolute Gasteiger partial charge is 0.320 e. The van der Waals surface area contributed by atoms with Crippen LogP contribution in [0.3, 0.4) is 0 Å². The first-order valence-electron chi connectivity index (χ1n) is 7.88. The Morgan fingerprint density at radius 2 is 2.00 bits per heavy atom. The van der Waals surface area contributed by atoms with Crippen molar-refractivity contribution in [3.8, 4) is 0 Å². The fraction of sp³-hybridized carbons (Fsp3) is 0.333. The second kappa shape index (κ2) is 7.63. The molecule has 2 amide bonds. The first-order chi connectivity index (χ1) is 11.0. The van der Waals surface area contributed by atoms with Crippen LogP contribution >= 0.6 is 0 Å². The van der Waals surface area contributed by atoms with Crippen LogP contribution in [0.2, 0.25) is 0 Å². The number of nitrogens with zero attached hydrogens (tertiary/aromatic N) is 1. The van der Waals surface area contributed by atoms with E-state index in [1.807, 2.05) is 19.9 Å². The number of anilines is 3. The second-order valence-corrected chi connectivity index (χ2v) is 5.77. The number of amides is 2. The van der Waals surface area contributed by atoms with Crippen molar-refractivity contribution in [3.63, 3.8) is 0 Å². The molecule has 5 heteroatoms. The van der Waals surface area contributed by atoms with E-state index in [4.69, 9.17) is 0 Å². The zero-order chi connectivity index (χ0) is 16.8. The minimum absolute atomic E-state index is 0.0875. The maximum Gasteiger partial charge on any atom is 0.320 e. The molecule has 0 aliphatic carbocycles. The largest absolute Gasteiger partial charge is 0.354 e. The van der Waals surface area contributed by atoms with E-state index in [1.54, 1.807) is 12.3 Å². The van der Waals surface area contributed by atoms with Gasteiger partial charge in [-0.15, -0.1) is 0 Å². The lowest BCUT2D eigenvalue weighted by Crippen LogP contribution is -2.34. The molecule has 23 heavy (non-hydrogen) atoms. The molecule has 0 saturated carbocycles. The molecule has 3 N–H and O–H groups in total. The fourth-order valence-corrected chi connectivity index (χ4v) is 2.30. The number of nitrogens with one attached hydrogen (secondary N) is 3. The first kappa shape index (κ1) is 16.8. The Kier molecular flexibility index (Phi) is 5.57. The number of benzene rings is 1. The summed E-state index contributed by atoms with van der Waals surface area (Å²) in [5.74, 6) is 0.522. The Bertz CT molecular complexity index is 665. The average Bonchev–Trinajstić information content (AvgIpc) is 2.50. The molecule has 2 rings (SSSR count). The van der Waals surface area contributed by atoms with Crippen molar-refractivity contribution < 1.29 is 4.79 Å². The van der Waals surface area contributed by atoms with Crippen LogP contribution in [-0.2, 0) is 6.42 Å². The first-order valence-corrected chi connectivity index (χ1v) is 7.88. The van der Waals surface area contributed by atoms with Crippen LogP contribution in [0.15, 0.2) is 36.5 Å². The molecule has 0 unspecified atom stereocenters. The quantitative estimate of drug-likeness (QED) is 0.774. The standard InChI is InChI=1S/C18H24N4O/c1-5-14-8-6-7-13(4)17(14)21-15-9-10-16(19-11-15)22-18(23)20-12(2)3/h6-12,21H,5H2,1-4H3,(H2,19,20,22,23). The molecular weight excluding hydrogens is 288 g/mol. The van der Waals surface area contributed by atoms with E-state index in [0.717, 1.165) is 17.8 Å². The van der Waals surface area contributed by atoms with Gasteiger partial charge in [-0.2, -0.15) is 0 Å². The summed E-state index contributed by atoms with van der Waals surface area (Å²) >= 11 is 0. The van der Waals surface area contributed by atoms with Crippen LogP contribution < -0.4 is 16.0 Å². The van der Waals surface area contributed by atoms with Crippen molar-refractivity contribution in [3.05, 3.63) is 47.7 Å². The summed E-state index contributed by atoms with van der Waals surface area (Å²) in [7, 11) is 0. The number of aryl methyl sites for hydroxylation is 2. The van der Waals surface area contributed by atoms with Crippen molar-refractivity contribution in [1.29, 1.82) is 0 Å². The van der Waals surface area contributed by atoms with E-state index in [2.05, 4.69) is 53.0 Å². The third-order valence-electron chi connectivity index (χ3n) is 3.43. The molecule has 122 valence electrons. The van der Waals surface area contributed by atoms with Crippen LogP contribution in [0.1, 0.15) is 31.9 Å². The molecule has 2 aromatic rings. The lowest BCUT2D eigenvalue weighted by atomic mass is 10.1. The molecular formula is C18H24N4O. The number of para-hydroxylation sites is 1. The SMILES string of the molecule is CCc1cccc(C)c1Nc1ccc(NC(=O)NC(C)C)nc1. The lowest BCUT2D eigenvalue weighted by Gasteiger charge is -2.14. The monoisotopic (exact) mass is 312 g/mol. The maximum absolute atomic E-state index is 11.6. The van der Waals surface area contributed by atoms with Gasteiger partial charge in [0.05, 0.1) is 11.9 Å². The van der Waals surface area contributed by atoms with E-state index in [-0.39, 0.29) is 12.1 Å². The van der Waals surface area contributed by atoms with Crippen LogP contribution in [0.4, 0.5) is 22.0 Å². The van der Waals surface area contributed by atoms with E-state index in [0.29, 0.717) is 5.82 Å². The van der Waals surface area contributed by atoms with Gasteiger partial charge in [-0.25, -0.2) is 9.78 Å². The van der Waals surface area contributed by atoms with Gasteiger partial charge >= 0.3 is 6.03 Å². The number of carbonyl (C=O) groups is 1. The van der Waals surface area contributed by atoms with Crippen molar-refractivity contribution >= 4 is 23.2 Å². The van der Waals surface area contributed by atoms with Gasteiger partial charge in [0.25, 0.3) is 0 Å². The zero-order valence-corrected chi connectivity index (χ0v) is 14.1.